The topological polar surface area (TPSA) is 59.3 Å². The molecule has 19 heavy (non-hydrogen) atoms. The van der Waals surface area contributed by atoms with Gasteiger partial charge in [-0.3, -0.25) is 4.79 Å². The highest BCUT2D eigenvalue weighted by molar-refractivity contribution is 5.93. The zero-order valence-corrected chi connectivity index (χ0v) is 9.23. The molecule has 98 valence electrons. The van der Waals surface area contributed by atoms with Crippen molar-refractivity contribution in [3.8, 4) is 0 Å². The monoisotopic (exact) mass is 269 g/mol. The molecule has 2 rings (SSSR count). The second kappa shape index (κ2) is 4.60. The van der Waals surface area contributed by atoms with E-state index in [1.54, 1.807) is 0 Å². The van der Waals surface area contributed by atoms with Crippen molar-refractivity contribution in [2.24, 2.45) is 0 Å². The van der Waals surface area contributed by atoms with Gasteiger partial charge in [-0.15, -0.1) is 0 Å². The highest BCUT2D eigenvalue weighted by Gasteiger charge is 2.16. The highest BCUT2D eigenvalue weighted by atomic mass is 19.2. The number of carboxylic acids is 1. The van der Waals surface area contributed by atoms with Crippen molar-refractivity contribution >= 4 is 23.1 Å². The number of pyridine rings is 1. The Morgan fingerprint density at radius 3 is 2.47 bits per heavy atom. The molecule has 0 aliphatic carbocycles. The molecular weight excluding hydrogens is 263 g/mol. The first-order valence-corrected chi connectivity index (χ1v) is 4.99. The van der Waals surface area contributed by atoms with E-state index in [4.69, 9.17) is 5.11 Å². The van der Waals surface area contributed by atoms with E-state index in [1.807, 2.05) is 0 Å². The molecule has 0 fully saturated rings. The lowest BCUT2D eigenvalue weighted by Crippen LogP contribution is -2.18. The van der Waals surface area contributed by atoms with Crippen molar-refractivity contribution in [3.05, 3.63) is 52.1 Å². The molecular formula is C12H6F3NO3. The van der Waals surface area contributed by atoms with Crippen LogP contribution in [0.1, 0.15) is 10.4 Å². The summed E-state index contributed by atoms with van der Waals surface area (Å²) in [7, 11) is 0. The zero-order valence-electron chi connectivity index (χ0n) is 9.23. The van der Waals surface area contributed by atoms with Crippen LogP contribution >= 0.6 is 0 Å². The molecule has 0 aliphatic rings. The van der Waals surface area contributed by atoms with Crippen LogP contribution in [-0.4, -0.2) is 15.6 Å². The molecule has 2 aromatic rings. The smallest absolute Gasteiger partial charge is 0.341 e. The van der Waals surface area contributed by atoms with E-state index in [2.05, 4.69) is 0 Å². The lowest BCUT2D eigenvalue weighted by molar-refractivity contribution is 0.0695. The standard InChI is InChI=1S/C12H6F3NO3/c13-1-2-16-5-7(12(18)19)11(17)6-3-8(14)9(15)4-10(6)16/h1-5H,(H,18,19)/b2-1-. The summed E-state index contributed by atoms with van der Waals surface area (Å²) in [6.45, 7) is 0. The van der Waals surface area contributed by atoms with Crippen LogP contribution in [-0.2, 0) is 0 Å². The highest BCUT2D eigenvalue weighted by Crippen LogP contribution is 2.17. The minimum absolute atomic E-state index is 0.0802. The van der Waals surface area contributed by atoms with Crippen LogP contribution < -0.4 is 5.43 Å². The van der Waals surface area contributed by atoms with Crippen LogP contribution in [0.15, 0.2) is 29.5 Å². The maximum Gasteiger partial charge on any atom is 0.341 e. The number of rotatable bonds is 2. The first-order valence-electron chi connectivity index (χ1n) is 4.99. The first-order chi connectivity index (χ1) is 8.95. The Morgan fingerprint density at radius 1 is 1.26 bits per heavy atom. The zero-order chi connectivity index (χ0) is 14.2. The van der Waals surface area contributed by atoms with E-state index < -0.39 is 28.6 Å². The fraction of sp³-hybridized carbons (Fsp3) is 0. The number of fused-ring (bicyclic) bond motifs is 1. The van der Waals surface area contributed by atoms with Crippen LogP contribution in [0.4, 0.5) is 13.2 Å². The van der Waals surface area contributed by atoms with Crippen LogP contribution in [0.2, 0.25) is 0 Å². The molecule has 7 heteroatoms. The molecule has 0 atom stereocenters. The first kappa shape index (κ1) is 12.9. The summed E-state index contributed by atoms with van der Waals surface area (Å²) < 4.78 is 39.4. The van der Waals surface area contributed by atoms with Gasteiger partial charge in [0.1, 0.15) is 11.9 Å². The van der Waals surface area contributed by atoms with Gasteiger partial charge in [-0.05, 0) is 6.07 Å². The van der Waals surface area contributed by atoms with E-state index in [1.165, 1.54) is 0 Å². The maximum atomic E-state index is 13.1. The van der Waals surface area contributed by atoms with Gasteiger partial charge in [-0.2, -0.15) is 0 Å². The van der Waals surface area contributed by atoms with Crippen molar-refractivity contribution in [2.75, 3.05) is 0 Å². The minimum atomic E-state index is -1.54. The molecule has 1 aromatic heterocycles. The molecule has 0 bridgehead atoms. The second-order valence-electron chi connectivity index (χ2n) is 3.64. The Kier molecular flexibility index (Phi) is 3.12. The number of hydrogen-bond donors (Lipinski definition) is 1. The molecule has 0 radical (unpaired) electrons. The van der Waals surface area contributed by atoms with Gasteiger partial charge in [0.05, 0.1) is 10.9 Å². The molecule has 0 saturated heterocycles. The number of aromatic nitrogens is 1. The number of hydrogen-bond acceptors (Lipinski definition) is 2. The van der Waals surface area contributed by atoms with Crippen molar-refractivity contribution in [1.82, 2.24) is 4.57 Å². The Labute approximate surface area is 104 Å². The van der Waals surface area contributed by atoms with Gasteiger partial charge in [0, 0.05) is 18.5 Å². The molecule has 1 heterocycles. The summed E-state index contributed by atoms with van der Waals surface area (Å²) >= 11 is 0. The Balaban J connectivity index is 3.00. The Hall–Kier alpha value is -2.57. The minimum Gasteiger partial charge on any atom is -0.477 e. The molecule has 4 nitrogen and oxygen atoms in total. The SMILES string of the molecule is O=C(O)c1cn(/C=C\F)c2cc(F)c(F)cc2c1=O. The van der Waals surface area contributed by atoms with Crippen molar-refractivity contribution in [3.63, 3.8) is 0 Å². The quantitative estimate of drug-likeness (QED) is 0.910. The summed E-state index contributed by atoms with van der Waals surface area (Å²) in [5.74, 6) is -4.06. The fourth-order valence-electron chi connectivity index (χ4n) is 1.68. The lowest BCUT2D eigenvalue weighted by atomic mass is 10.1. The van der Waals surface area contributed by atoms with Gasteiger partial charge in [0.25, 0.3) is 0 Å². The van der Waals surface area contributed by atoms with Crippen LogP contribution in [0.3, 0.4) is 0 Å². The predicted octanol–water partition coefficient (Wildman–Crippen LogP) is 2.38. The van der Waals surface area contributed by atoms with Crippen molar-refractivity contribution < 1.29 is 23.1 Å². The van der Waals surface area contributed by atoms with Crippen LogP contribution in [0.5, 0.6) is 0 Å². The number of aromatic carboxylic acids is 1. The lowest BCUT2D eigenvalue weighted by Gasteiger charge is -2.08. The molecule has 1 N–H and O–H groups in total. The van der Waals surface area contributed by atoms with Crippen LogP contribution in [0, 0.1) is 11.6 Å². The summed E-state index contributed by atoms with van der Waals surface area (Å²) in [6, 6.07) is 1.28. The Morgan fingerprint density at radius 2 is 1.89 bits per heavy atom. The molecule has 0 amide bonds. The van der Waals surface area contributed by atoms with Gasteiger partial charge in [0.15, 0.2) is 11.6 Å². The molecule has 0 saturated carbocycles. The maximum absolute atomic E-state index is 13.1. The van der Waals surface area contributed by atoms with E-state index in [-0.39, 0.29) is 17.2 Å². The molecule has 0 aliphatic heterocycles. The molecule has 0 unspecified atom stereocenters. The third-order valence-electron chi connectivity index (χ3n) is 2.52. The van der Waals surface area contributed by atoms with E-state index in [0.717, 1.165) is 17.0 Å². The number of carbonyl (C=O) groups is 1. The molecule has 0 spiro atoms. The number of benzene rings is 1. The second-order valence-corrected chi connectivity index (χ2v) is 3.64. The Bertz CT molecular complexity index is 765. The van der Waals surface area contributed by atoms with Crippen molar-refractivity contribution in [1.29, 1.82) is 0 Å². The third kappa shape index (κ3) is 2.10. The van der Waals surface area contributed by atoms with E-state index in [0.29, 0.717) is 12.1 Å². The molecule has 1 aromatic carbocycles. The van der Waals surface area contributed by atoms with Gasteiger partial charge in [-0.1, -0.05) is 0 Å². The van der Waals surface area contributed by atoms with Gasteiger partial charge in [0.2, 0.25) is 5.43 Å². The van der Waals surface area contributed by atoms with Crippen LogP contribution in [0.25, 0.3) is 17.1 Å². The summed E-state index contributed by atoms with van der Waals surface area (Å²) in [5, 5.41) is 8.49. The van der Waals surface area contributed by atoms with Crippen molar-refractivity contribution in [2.45, 2.75) is 0 Å². The average Bonchev–Trinajstić information content (AvgIpc) is 2.35. The van der Waals surface area contributed by atoms with E-state index in [9.17, 15) is 22.8 Å². The predicted molar refractivity (Wildman–Crippen MR) is 61.5 cm³/mol. The van der Waals surface area contributed by atoms with Gasteiger partial charge < -0.3 is 9.67 Å². The van der Waals surface area contributed by atoms with E-state index >= 15 is 0 Å². The summed E-state index contributed by atoms with van der Waals surface area (Å²) in [6.07, 6.45) is 1.70. The largest absolute Gasteiger partial charge is 0.477 e. The van der Waals surface area contributed by atoms with Gasteiger partial charge in [-0.25, -0.2) is 18.0 Å². The summed E-state index contributed by atoms with van der Waals surface area (Å²) in [5.41, 5.74) is -1.77. The average molecular weight is 269 g/mol. The van der Waals surface area contributed by atoms with Gasteiger partial charge >= 0.3 is 5.97 Å². The number of halogens is 3. The number of nitrogens with zero attached hydrogens (tertiary/aromatic N) is 1. The normalized spacial score (nSPS) is 11.3. The number of carboxylic acid groups (broad SMARTS) is 1. The third-order valence-corrected chi connectivity index (χ3v) is 2.52. The fourth-order valence-corrected chi connectivity index (χ4v) is 1.68. The summed E-state index contributed by atoms with van der Waals surface area (Å²) in [4.78, 5) is 22.7.